The molecule has 0 aromatic carbocycles. The normalized spacial score (nSPS) is 38.7. The van der Waals surface area contributed by atoms with E-state index < -0.39 is 86.6 Å². The van der Waals surface area contributed by atoms with Crippen molar-refractivity contribution in [2.75, 3.05) is 13.2 Å². The highest BCUT2D eigenvalue weighted by atomic mass is 16.8. The first kappa shape index (κ1) is 29.3. The van der Waals surface area contributed by atoms with Gasteiger partial charge in [0.25, 0.3) is 0 Å². The lowest BCUT2D eigenvalue weighted by atomic mass is 9.97. The van der Waals surface area contributed by atoms with E-state index in [0.717, 1.165) is 0 Å². The van der Waals surface area contributed by atoms with Crippen LogP contribution in [0.5, 0.6) is 0 Å². The minimum Gasteiger partial charge on any atom is -0.453 e. The van der Waals surface area contributed by atoms with E-state index in [2.05, 4.69) is 0 Å². The molecule has 13 nitrogen and oxygen atoms in total. The molecule has 0 radical (unpaired) electrons. The van der Waals surface area contributed by atoms with Gasteiger partial charge in [0, 0.05) is 11.1 Å². The summed E-state index contributed by atoms with van der Waals surface area (Å²) in [7, 11) is 0. The molecule has 2 saturated heterocycles. The minimum absolute atomic E-state index is 0.226. The number of hydrogen-bond acceptors (Lipinski definition) is 13. The van der Waals surface area contributed by atoms with Crippen molar-refractivity contribution >= 4 is 11.9 Å². The third kappa shape index (κ3) is 6.64. The van der Waals surface area contributed by atoms with Crippen molar-refractivity contribution in [1.29, 1.82) is 0 Å². The topological polar surface area (TPSA) is 202 Å². The third-order valence-corrected chi connectivity index (χ3v) is 5.91. The van der Waals surface area contributed by atoms with Crippen LogP contribution in [0.2, 0.25) is 0 Å². The molecule has 10 unspecified atom stereocenters. The van der Waals surface area contributed by atoms with Crippen LogP contribution in [0.3, 0.4) is 0 Å². The van der Waals surface area contributed by atoms with Gasteiger partial charge in [-0.25, -0.2) is 9.59 Å². The van der Waals surface area contributed by atoms with E-state index >= 15 is 0 Å². The predicted octanol–water partition coefficient (Wildman–Crippen LogP) is -2.36. The molecule has 0 aromatic heterocycles. The summed E-state index contributed by atoms with van der Waals surface area (Å²) in [6.45, 7) is 4.70. The van der Waals surface area contributed by atoms with Gasteiger partial charge in [-0.3, -0.25) is 0 Å². The quantitative estimate of drug-likeness (QED) is 0.151. The second-order valence-corrected chi connectivity index (χ2v) is 8.23. The lowest BCUT2D eigenvalue weighted by Crippen LogP contribution is -2.64. The summed E-state index contributed by atoms with van der Waals surface area (Å²) in [5, 5.41) is 61.3. The van der Waals surface area contributed by atoms with E-state index in [4.69, 9.17) is 23.7 Å². The van der Waals surface area contributed by atoms with Crippen molar-refractivity contribution in [1.82, 2.24) is 0 Å². The van der Waals surface area contributed by atoms with Crippen LogP contribution in [0, 0.1) is 0 Å². The first-order valence-corrected chi connectivity index (χ1v) is 11.1. The molecule has 2 aliphatic rings. The largest absolute Gasteiger partial charge is 0.453 e. The Balaban J connectivity index is 2.13. The number of allylic oxidation sites excluding steroid dienone is 2. The van der Waals surface area contributed by atoms with Crippen molar-refractivity contribution < 1.29 is 63.9 Å². The van der Waals surface area contributed by atoms with E-state index in [1.54, 1.807) is 13.8 Å². The number of aliphatic hydroxyl groups is 6. The van der Waals surface area contributed by atoms with Crippen molar-refractivity contribution in [2.45, 2.75) is 89.1 Å². The predicted molar refractivity (Wildman–Crippen MR) is 115 cm³/mol. The van der Waals surface area contributed by atoms with Gasteiger partial charge in [0.05, 0.1) is 13.2 Å². The summed E-state index contributed by atoms with van der Waals surface area (Å²) in [5.74, 6) is -1.59. The number of ether oxygens (including phenoxy) is 5. The van der Waals surface area contributed by atoms with Crippen LogP contribution in [0.1, 0.15) is 27.7 Å². The van der Waals surface area contributed by atoms with Crippen molar-refractivity contribution in [3.05, 3.63) is 23.3 Å². The third-order valence-electron chi connectivity index (χ3n) is 5.91. The van der Waals surface area contributed by atoms with Crippen LogP contribution in [-0.2, 0) is 33.3 Å². The smallest absolute Gasteiger partial charge is 0.333 e. The van der Waals surface area contributed by atoms with Gasteiger partial charge in [-0.05, 0) is 27.7 Å². The van der Waals surface area contributed by atoms with Crippen LogP contribution in [0.25, 0.3) is 0 Å². The molecule has 13 heteroatoms. The van der Waals surface area contributed by atoms with Crippen LogP contribution in [0.15, 0.2) is 23.3 Å². The molecular formula is C22H34O13. The maximum absolute atomic E-state index is 12.1. The van der Waals surface area contributed by atoms with Gasteiger partial charge in [-0.15, -0.1) is 0 Å². The van der Waals surface area contributed by atoms with Gasteiger partial charge >= 0.3 is 11.9 Å². The highest BCUT2D eigenvalue weighted by Gasteiger charge is 2.52. The molecule has 2 aliphatic heterocycles. The molecular weight excluding hydrogens is 472 g/mol. The van der Waals surface area contributed by atoms with Gasteiger partial charge in [0.2, 0.25) is 0 Å². The van der Waals surface area contributed by atoms with E-state index in [9.17, 15) is 40.2 Å². The fourth-order valence-electron chi connectivity index (χ4n) is 3.42. The van der Waals surface area contributed by atoms with Gasteiger partial charge in [0.15, 0.2) is 24.8 Å². The van der Waals surface area contributed by atoms with Gasteiger partial charge in [-0.1, -0.05) is 12.2 Å². The summed E-state index contributed by atoms with van der Waals surface area (Å²) < 4.78 is 26.6. The molecule has 0 aliphatic carbocycles. The lowest BCUT2D eigenvalue weighted by Gasteiger charge is -2.45. The van der Waals surface area contributed by atoms with Crippen LogP contribution in [-0.4, -0.2) is 117 Å². The van der Waals surface area contributed by atoms with Gasteiger partial charge in [-0.2, -0.15) is 0 Å². The Morgan fingerprint density at radius 2 is 1.06 bits per heavy atom. The molecule has 2 rings (SSSR count). The molecule has 0 saturated carbocycles. The maximum atomic E-state index is 12.1. The summed E-state index contributed by atoms with van der Waals surface area (Å²) >= 11 is 0. The summed E-state index contributed by atoms with van der Waals surface area (Å²) in [4.78, 5) is 24.2. The van der Waals surface area contributed by atoms with Crippen molar-refractivity contribution in [3.63, 3.8) is 0 Å². The molecule has 10 atom stereocenters. The second-order valence-electron chi connectivity index (χ2n) is 8.23. The Bertz CT molecular complexity index is 728. The highest BCUT2D eigenvalue weighted by molar-refractivity contribution is 5.88. The zero-order chi connectivity index (χ0) is 26.4. The van der Waals surface area contributed by atoms with Gasteiger partial charge in [0.1, 0.15) is 36.6 Å². The Hall–Kier alpha value is -1.94. The minimum atomic E-state index is -1.82. The van der Waals surface area contributed by atoms with E-state index in [1.807, 2.05) is 0 Å². The number of hydrogen-bond donors (Lipinski definition) is 6. The standard InChI is InChI=1S/C22H34O13/c1-5-9(3)19(29)33-17-11(7-23)31-21(15(27)13(17)25)35-22-16(28)14(26)18(12(8-24)32-22)34-20(30)10(4)6-2/h5-6,11-18,21-28H,7-8H2,1-4H3/b9-5-,10-6-. The van der Waals surface area contributed by atoms with Crippen LogP contribution in [0.4, 0.5) is 0 Å². The Kier molecular flexibility index (Phi) is 10.8. The Morgan fingerprint density at radius 3 is 1.34 bits per heavy atom. The van der Waals surface area contributed by atoms with Gasteiger partial charge < -0.3 is 54.3 Å². The van der Waals surface area contributed by atoms with E-state index in [0.29, 0.717) is 0 Å². The Labute approximate surface area is 202 Å². The fraction of sp³-hybridized carbons (Fsp3) is 0.727. The number of esters is 2. The van der Waals surface area contributed by atoms with E-state index in [1.165, 1.54) is 26.0 Å². The van der Waals surface area contributed by atoms with Crippen LogP contribution >= 0.6 is 0 Å². The average Bonchev–Trinajstić information content (AvgIpc) is 2.86. The molecule has 0 amide bonds. The molecule has 2 fully saturated rings. The second kappa shape index (κ2) is 12.9. The first-order chi connectivity index (χ1) is 16.5. The molecule has 0 bridgehead atoms. The van der Waals surface area contributed by atoms with Crippen molar-refractivity contribution in [3.8, 4) is 0 Å². The van der Waals surface area contributed by atoms with Crippen LogP contribution < -0.4 is 0 Å². The number of carbonyl (C=O) groups excluding carboxylic acids is 2. The molecule has 0 spiro atoms. The zero-order valence-electron chi connectivity index (χ0n) is 19.9. The molecule has 0 aromatic rings. The molecule has 6 N–H and O–H groups in total. The molecule has 35 heavy (non-hydrogen) atoms. The fourth-order valence-corrected chi connectivity index (χ4v) is 3.42. The summed E-state index contributed by atoms with van der Waals surface area (Å²) in [6, 6.07) is 0. The number of rotatable bonds is 8. The molecule has 2 heterocycles. The monoisotopic (exact) mass is 506 g/mol. The Morgan fingerprint density at radius 1 is 0.714 bits per heavy atom. The highest BCUT2D eigenvalue weighted by Crippen LogP contribution is 2.30. The lowest BCUT2D eigenvalue weighted by molar-refractivity contribution is -0.376. The van der Waals surface area contributed by atoms with E-state index in [-0.39, 0.29) is 11.1 Å². The number of carbonyl (C=O) groups is 2. The average molecular weight is 507 g/mol. The number of aliphatic hydroxyl groups excluding tert-OH is 6. The zero-order valence-corrected chi connectivity index (χ0v) is 19.9. The SMILES string of the molecule is C/C=C(/C)C(=O)OC1C(CO)OC(OC2OC(CO)C(OC(=O)/C(C)=C\C)C(O)C2O)C(O)C1O. The van der Waals surface area contributed by atoms with Crippen molar-refractivity contribution in [2.24, 2.45) is 0 Å². The molecule has 200 valence electrons. The summed E-state index contributed by atoms with van der Waals surface area (Å²) in [5.41, 5.74) is 0.453. The first-order valence-electron chi connectivity index (χ1n) is 11.1. The summed E-state index contributed by atoms with van der Waals surface area (Å²) in [6.07, 6.45) is -13.1. The maximum Gasteiger partial charge on any atom is 0.333 e.